The summed E-state index contributed by atoms with van der Waals surface area (Å²) in [5.74, 6) is 1.28. The van der Waals surface area contributed by atoms with Gasteiger partial charge in [0.05, 0.1) is 19.1 Å². The van der Waals surface area contributed by atoms with Crippen molar-refractivity contribution in [3.63, 3.8) is 0 Å². The van der Waals surface area contributed by atoms with E-state index in [0.29, 0.717) is 16.4 Å². The third-order valence-corrected chi connectivity index (χ3v) is 5.86. The van der Waals surface area contributed by atoms with E-state index in [1.165, 1.54) is 4.31 Å². The van der Waals surface area contributed by atoms with Gasteiger partial charge in [-0.15, -0.1) is 0 Å². The summed E-state index contributed by atoms with van der Waals surface area (Å²) in [5.41, 5.74) is 2.38. The van der Waals surface area contributed by atoms with Crippen LogP contribution in [-0.2, 0) is 16.6 Å². The van der Waals surface area contributed by atoms with Crippen molar-refractivity contribution in [3.8, 4) is 11.5 Å². The number of ether oxygens (including phenoxy) is 2. The molecule has 0 radical (unpaired) electrons. The molecule has 0 heterocycles. The first kappa shape index (κ1) is 18.3. The van der Waals surface area contributed by atoms with E-state index < -0.39 is 10.0 Å². The molecule has 0 aliphatic carbocycles. The van der Waals surface area contributed by atoms with E-state index in [4.69, 9.17) is 9.47 Å². The van der Waals surface area contributed by atoms with Crippen LogP contribution in [0.25, 0.3) is 0 Å². The van der Waals surface area contributed by atoms with Gasteiger partial charge in [-0.1, -0.05) is 12.1 Å². The lowest BCUT2D eigenvalue weighted by molar-refractivity contribution is 0.389. The Hall–Kier alpha value is -2.05. The molecule has 0 bridgehead atoms. The molecule has 6 heteroatoms. The number of rotatable bonds is 6. The molecule has 130 valence electrons. The highest BCUT2D eigenvalue weighted by molar-refractivity contribution is 7.89. The van der Waals surface area contributed by atoms with Crippen LogP contribution in [0.1, 0.15) is 16.7 Å². The fourth-order valence-corrected chi connectivity index (χ4v) is 3.94. The average Bonchev–Trinajstić information content (AvgIpc) is 2.56. The summed E-state index contributed by atoms with van der Waals surface area (Å²) >= 11 is 0. The topological polar surface area (TPSA) is 55.8 Å². The van der Waals surface area contributed by atoms with Gasteiger partial charge >= 0.3 is 0 Å². The van der Waals surface area contributed by atoms with Gasteiger partial charge in [0.15, 0.2) is 0 Å². The van der Waals surface area contributed by atoms with Crippen molar-refractivity contribution in [2.24, 2.45) is 0 Å². The predicted molar refractivity (Wildman–Crippen MR) is 94.1 cm³/mol. The van der Waals surface area contributed by atoms with E-state index in [9.17, 15) is 8.42 Å². The first-order valence-electron chi connectivity index (χ1n) is 7.54. The lowest BCUT2D eigenvalue weighted by atomic mass is 10.2. The third kappa shape index (κ3) is 3.71. The molecule has 0 spiro atoms. The number of sulfonamides is 1. The molecule has 0 fully saturated rings. The molecule has 24 heavy (non-hydrogen) atoms. The molecule has 0 saturated heterocycles. The van der Waals surface area contributed by atoms with Gasteiger partial charge in [-0.3, -0.25) is 0 Å². The third-order valence-electron chi connectivity index (χ3n) is 3.91. The predicted octanol–water partition coefficient (Wildman–Crippen LogP) is 3.14. The average molecular weight is 349 g/mol. The molecule has 0 N–H and O–H groups in total. The molecule has 0 unspecified atom stereocenters. The Morgan fingerprint density at radius 3 is 2.33 bits per heavy atom. The molecule has 2 rings (SSSR count). The summed E-state index contributed by atoms with van der Waals surface area (Å²) in [4.78, 5) is 0.326. The van der Waals surface area contributed by atoms with Crippen molar-refractivity contribution in [2.75, 3.05) is 21.3 Å². The first-order chi connectivity index (χ1) is 11.3. The summed E-state index contributed by atoms with van der Waals surface area (Å²) < 4.78 is 37.7. The lowest BCUT2D eigenvalue weighted by Gasteiger charge is -2.20. The minimum Gasteiger partial charge on any atom is -0.497 e. The number of aryl methyl sites for hydroxylation is 2. The van der Waals surface area contributed by atoms with Gasteiger partial charge in [0.25, 0.3) is 0 Å². The van der Waals surface area contributed by atoms with E-state index in [0.717, 1.165) is 16.7 Å². The number of benzene rings is 2. The number of nitrogens with zero attached hydrogens (tertiary/aromatic N) is 1. The fraction of sp³-hybridized carbons (Fsp3) is 0.333. The zero-order valence-corrected chi connectivity index (χ0v) is 15.5. The van der Waals surface area contributed by atoms with Gasteiger partial charge in [-0.25, -0.2) is 8.42 Å². The molecule has 2 aromatic rings. The van der Waals surface area contributed by atoms with Crippen molar-refractivity contribution in [1.82, 2.24) is 4.31 Å². The Bertz CT molecular complexity index is 831. The smallest absolute Gasteiger partial charge is 0.243 e. The molecule has 0 aliphatic rings. The second kappa shape index (κ2) is 7.23. The normalized spacial score (nSPS) is 11.6. The van der Waals surface area contributed by atoms with Gasteiger partial charge in [0.1, 0.15) is 11.5 Å². The number of hydrogen-bond acceptors (Lipinski definition) is 4. The van der Waals surface area contributed by atoms with Crippen molar-refractivity contribution in [3.05, 3.63) is 53.1 Å². The minimum absolute atomic E-state index is 0.191. The molecule has 5 nitrogen and oxygen atoms in total. The minimum atomic E-state index is -3.60. The van der Waals surface area contributed by atoms with Gasteiger partial charge in [0.2, 0.25) is 10.0 Å². The quantitative estimate of drug-likeness (QED) is 0.804. The van der Waals surface area contributed by atoms with E-state index in [1.807, 2.05) is 19.1 Å². The summed E-state index contributed by atoms with van der Waals surface area (Å²) in [6.07, 6.45) is 0. The van der Waals surface area contributed by atoms with Crippen LogP contribution in [0.4, 0.5) is 0 Å². The van der Waals surface area contributed by atoms with Gasteiger partial charge in [0, 0.05) is 19.2 Å². The van der Waals surface area contributed by atoms with Crippen LogP contribution in [0.2, 0.25) is 0 Å². The molecule has 2 aromatic carbocycles. The maximum atomic E-state index is 12.9. The van der Waals surface area contributed by atoms with Crippen LogP contribution in [0.3, 0.4) is 0 Å². The van der Waals surface area contributed by atoms with Crippen LogP contribution in [0, 0.1) is 13.8 Å². The molecular formula is C18H23NO4S. The maximum Gasteiger partial charge on any atom is 0.243 e. The number of methoxy groups -OCH3 is 2. The molecule has 0 atom stereocenters. The molecular weight excluding hydrogens is 326 g/mol. The second-order valence-corrected chi connectivity index (χ2v) is 7.72. The second-order valence-electron chi connectivity index (χ2n) is 5.71. The highest BCUT2D eigenvalue weighted by Crippen LogP contribution is 2.27. The van der Waals surface area contributed by atoms with Crippen LogP contribution >= 0.6 is 0 Å². The number of hydrogen-bond donors (Lipinski definition) is 0. The van der Waals surface area contributed by atoms with Gasteiger partial charge in [-0.05, 0) is 49.2 Å². The van der Waals surface area contributed by atoms with Crippen molar-refractivity contribution in [1.29, 1.82) is 0 Å². The maximum absolute atomic E-state index is 12.9. The lowest BCUT2D eigenvalue weighted by Crippen LogP contribution is -2.27. The molecule has 0 saturated carbocycles. The van der Waals surface area contributed by atoms with E-state index in [1.54, 1.807) is 52.5 Å². The molecule has 0 aromatic heterocycles. The van der Waals surface area contributed by atoms with Crippen LogP contribution in [0.15, 0.2) is 41.3 Å². The van der Waals surface area contributed by atoms with Gasteiger partial charge in [-0.2, -0.15) is 4.31 Å². The van der Waals surface area contributed by atoms with Crippen molar-refractivity contribution < 1.29 is 17.9 Å². The highest BCUT2D eigenvalue weighted by atomic mass is 32.2. The molecule has 0 aliphatic heterocycles. The zero-order chi connectivity index (χ0) is 17.9. The SMILES string of the molecule is COc1ccc(OC)c(CN(C)S(=O)(=O)c2cc(C)ccc2C)c1. The summed E-state index contributed by atoms with van der Waals surface area (Å²) in [5, 5.41) is 0. The van der Waals surface area contributed by atoms with E-state index in [2.05, 4.69) is 0 Å². The van der Waals surface area contributed by atoms with Crippen LogP contribution in [-0.4, -0.2) is 34.0 Å². The van der Waals surface area contributed by atoms with Crippen molar-refractivity contribution >= 4 is 10.0 Å². The first-order valence-corrected chi connectivity index (χ1v) is 8.98. The van der Waals surface area contributed by atoms with Crippen LogP contribution in [0.5, 0.6) is 11.5 Å². The van der Waals surface area contributed by atoms with E-state index in [-0.39, 0.29) is 6.54 Å². The van der Waals surface area contributed by atoms with E-state index >= 15 is 0 Å². The standard InChI is InChI=1S/C18H23NO4S/c1-13-6-7-14(2)18(10-13)24(20,21)19(3)12-15-11-16(22-4)8-9-17(15)23-5/h6-11H,12H2,1-5H3. The van der Waals surface area contributed by atoms with Crippen LogP contribution < -0.4 is 9.47 Å². The molecule has 0 amide bonds. The largest absolute Gasteiger partial charge is 0.497 e. The summed E-state index contributed by atoms with van der Waals surface area (Å²) in [7, 11) is 1.10. The Balaban J connectivity index is 2.38. The zero-order valence-electron chi connectivity index (χ0n) is 14.7. The Morgan fingerprint density at radius 2 is 1.71 bits per heavy atom. The summed E-state index contributed by atoms with van der Waals surface area (Å²) in [6, 6.07) is 10.8. The summed E-state index contributed by atoms with van der Waals surface area (Å²) in [6.45, 7) is 3.87. The Morgan fingerprint density at radius 1 is 1.00 bits per heavy atom. The Kier molecular flexibility index (Phi) is 5.51. The fourth-order valence-electron chi connectivity index (χ4n) is 2.48. The highest BCUT2D eigenvalue weighted by Gasteiger charge is 2.24. The van der Waals surface area contributed by atoms with Gasteiger partial charge < -0.3 is 9.47 Å². The van der Waals surface area contributed by atoms with Crippen molar-refractivity contribution in [2.45, 2.75) is 25.3 Å². The monoisotopic (exact) mass is 349 g/mol. The Labute approximate surface area is 143 Å².